The number of hydrogen-bond acceptors (Lipinski definition) is 3. The first-order chi connectivity index (χ1) is 10.8. The minimum Gasteiger partial charge on any atom is -0.365 e. The molecule has 1 N–H and O–H groups in total. The Labute approximate surface area is 132 Å². The molecule has 0 aliphatic carbocycles. The molecule has 4 nitrogen and oxygen atoms in total. The highest BCUT2D eigenvalue weighted by molar-refractivity contribution is 5.96. The quantitative estimate of drug-likeness (QED) is 0.865. The van der Waals surface area contributed by atoms with Crippen molar-refractivity contribution in [1.29, 1.82) is 0 Å². The van der Waals surface area contributed by atoms with Gasteiger partial charge in [0.05, 0.1) is 0 Å². The summed E-state index contributed by atoms with van der Waals surface area (Å²) in [5.74, 6) is -2.22. The van der Waals surface area contributed by atoms with Gasteiger partial charge in [-0.1, -0.05) is 17.7 Å². The van der Waals surface area contributed by atoms with Crippen LogP contribution in [0.15, 0.2) is 36.5 Å². The van der Waals surface area contributed by atoms with Crippen molar-refractivity contribution in [3.63, 3.8) is 0 Å². The summed E-state index contributed by atoms with van der Waals surface area (Å²) in [7, 11) is 0. The fourth-order valence-corrected chi connectivity index (χ4v) is 2.37. The molecular formula is C16H17F3N2O2. The van der Waals surface area contributed by atoms with E-state index in [-0.39, 0.29) is 5.91 Å². The summed E-state index contributed by atoms with van der Waals surface area (Å²) < 4.78 is 36.6. The lowest BCUT2D eigenvalue weighted by atomic mass is 10.2. The van der Waals surface area contributed by atoms with Crippen LogP contribution in [-0.4, -0.2) is 35.4 Å². The van der Waals surface area contributed by atoms with E-state index in [9.17, 15) is 22.8 Å². The molecule has 0 bridgehead atoms. The zero-order chi connectivity index (χ0) is 17.0. The van der Waals surface area contributed by atoms with Gasteiger partial charge in [-0.15, -0.1) is 0 Å². The fraction of sp³-hybridized carbons (Fsp3) is 0.375. The number of likely N-dealkylation sites (tertiary alicyclic amines) is 1. The third-order valence-electron chi connectivity index (χ3n) is 3.61. The maximum atomic E-state index is 12.3. The Bertz CT molecular complexity index is 609. The van der Waals surface area contributed by atoms with Crippen LogP contribution < -0.4 is 5.32 Å². The van der Waals surface area contributed by atoms with Crippen LogP contribution in [0, 0.1) is 6.92 Å². The number of ketones is 1. The highest BCUT2D eigenvalue weighted by atomic mass is 19.4. The van der Waals surface area contributed by atoms with Crippen molar-refractivity contribution in [3.05, 3.63) is 42.1 Å². The van der Waals surface area contributed by atoms with Crippen molar-refractivity contribution in [1.82, 2.24) is 4.90 Å². The van der Waals surface area contributed by atoms with E-state index < -0.39 is 18.0 Å². The Morgan fingerprint density at radius 2 is 1.91 bits per heavy atom. The molecule has 0 aromatic heterocycles. The number of nitrogens with one attached hydrogen (secondary N) is 1. The normalized spacial score (nSPS) is 18.4. The van der Waals surface area contributed by atoms with Crippen molar-refractivity contribution in [2.24, 2.45) is 0 Å². The summed E-state index contributed by atoms with van der Waals surface area (Å²) in [5.41, 5.74) is 1.68. The summed E-state index contributed by atoms with van der Waals surface area (Å²) in [5, 5.41) is 2.74. The number of halogens is 3. The first kappa shape index (κ1) is 17.1. The average Bonchev–Trinajstić information content (AvgIpc) is 2.94. The van der Waals surface area contributed by atoms with Crippen molar-refractivity contribution >= 4 is 17.4 Å². The van der Waals surface area contributed by atoms with Crippen LogP contribution in [0.25, 0.3) is 0 Å². The molecule has 2 rings (SSSR count). The van der Waals surface area contributed by atoms with Gasteiger partial charge in [-0.3, -0.25) is 9.59 Å². The lowest BCUT2D eigenvalue weighted by Gasteiger charge is -2.22. The Kier molecular flexibility index (Phi) is 5.08. The van der Waals surface area contributed by atoms with Crippen molar-refractivity contribution < 1.29 is 22.8 Å². The molecule has 23 heavy (non-hydrogen) atoms. The number of rotatable bonds is 4. The highest BCUT2D eigenvalue weighted by Gasteiger charge is 2.37. The Hall–Kier alpha value is -2.31. The largest absolute Gasteiger partial charge is 0.454 e. The summed E-state index contributed by atoms with van der Waals surface area (Å²) in [6, 6.07) is 6.65. The molecule has 1 aromatic rings. The number of amides is 1. The Morgan fingerprint density at radius 3 is 2.52 bits per heavy atom. The summed E-state index contributed by atoms with van der Waals surface area (Å²) in [6.07, 6.45) is -2.16. The third-order valence-corrected chi connectivity index (χ3v) is 3.61. The van der Waals surface area contributed by atoms with Crippen molar-refractivity contribution in [2.75, 3.05) is 11.9 Å². The van der Waals surface area contributed by atoms with Crippen molar-refractivity contribution in [2.45, 2.75) is 32.0 Å². The van der Waals surface area contributed by atoms with Gasteiger partial charge in [0.2, 0.25) is 5.91 Å². The standard InChI is InChI=1S/C16H17F3N2O2/c1-11-4-6-12(7-5-11)20-15(23)13-3-2-9-21(13)10-8-14(22)16(17,18)19/h4-8,10,13H,2-3,9H2,1H3,(H,20,23)/b10-8+. The van der Waals surface area contributed by atoms with Gasteiger partial charge in [0.15, 0.2) is 0 Å². The van der Waals surface area contributed by atoms with Gasteiger partial charge in [0, 0.05) is 24.5 Å². The smallest absolute Gasteiger partial charge is 0.365 e. The van der Waals surface area contributed by atoms with Gasteiger partial charge >= 0.3 is 6.18 Å². The lowest BCUT2D eigenvalue weighted by Crippen LogP contribution is -2.36. The van der Waals surface area contributed by atoms with E-state index in [1.54, 1.807) is 12.1 Å². The molecule has 124 valence electrons. The number of benzene rings is 1. The minimum absolute atomic E-state index is 0.296. The lowest BCUT2D eigenvalue weighted by molar-refractivity contribution is -0.165. The van der Waals surface area contributed by atoms with Gasteiger partial charge in [-0.25, -0.2) is 0 Å². The van der Waals surface area contributed by atoms with E-state index in [2.05, 4.69) is 5.32 Å². The van der Waals surface area contributed by atoms with E-state index in [1.165, 1.54) is 4.90 Å². The first-order valence-corrected chi connectivity index (χ1v) is 7.20. The molecule has 0 radical (unpaired) electrons. The molecule has 1 heterocycles. The van der Waals surface area contributed by atoms with E-state index in [0.29, 0.717) is 31.1 Å². The Morgan fingerprint density at radius 1 is 1.26 bits per heavy atom. The predicted octanol–water partition coefficient (Wildman–Crippen LogP) is 3.04. The zero-order valence-corrected chi connectivity index (χ0v) is 12.6. The molecule has 0 spiro atoms. The second-order valence-electron chi connectivity index (χ2n) is 5.43. The maximum absolute atomic E-state index is 12.3. The topological polar surface area (TPSA) is 49.4 Å². The van der Waals surface area contributed by atoms with Crippen LogP contribution in [-0.2, 0) is 9.59 Å². The number of nitrogens with zero attached hydrogens (tertiary/aromatic N) is 1. The predicted molar refractivity (Wildman–Crippen MR) is 79.7 cm³/mol. The highest BCUT2D eigenvalue weighted by Crippen LogP contribution is 2.21. The van der Waals surface area contributed by atoms with Crippen molar-refractivity contribution in [3.8, 4) is 0 Å². The average molecular weight is 326 g/mol. The number of anilines is 1. The monoisotopic (exact) mass is 326 g/mol. The second kappa shape index (κ2) is 6.85. The molecule has 1 aliphatic heterocycles. The third kappa shape index (κ3) is 4.58. The van der Waals surface area contributed by atoms with Gasteiger partial charge in [0.25, 0.3) is 5.78 Å². The summed E-state index contributed by atoms with van der Waals surface area (Å²) in [4.78, 5) is 24.6. The van der Waals surface area contributed by atoms with Gasteiger partial charge in [-0.2, -0.15) is 13.2 Å². The van der Waals surface area contributed by atoms with E-state index in [4.69, 9.17) is 0 Å². The van der Waals surface area contributed by atoms with Crippen LogP contribution in [0.4, 0.5) is 18.9 Å². The minimum atomic E-state index is -4.89. The Balaban J connectivity index is 2.00. The maximum Gasteiger partial charge on any atom is 0.454 e. The summed E-state index contributed by atoms with van der Waals surface area (Å²) in [6.45, 7) is 2.36. The molecule has 1 fully saturated rings. The number of allylic oxidation sites excluding steroid dienone is 1. The van der Waals surface area contributed by atoms with Gasteiger partial charge < -0.3 is 10.2 Å². The number of carbonyl (C=O) groups excluding carboxylic acids is 2. The molecule has 1 aromatic carbocycles. The number of carbonyl (C=O) groups is 2. The SMILES string of the molecule is Cc1ccc(NC(=O)C2CCCN2/C=C/C(=O)C(F)(F)F)cc1. The molecular weight excluding hydrogens is 309 g/mol. The van der Waals surface area contributed by atoms with Crippen LogP contribution in [0.5, 0.6) is 0 Å². The van der Waals surface area contributed by atoms with Crippen LogP contribution in [0.3, 0.4) is 0 Å². The van der Waals surface area contributed by atoms with E-state index in [0.717, 1.165) is 11.8 Å². The number of aryl methyl sites for hydroxylation is 1. The molecule has 7 heteroatoms. The van der Waals surface area contributed by atoms with Crippen LogP contribution >= 0.6 is 0 Å². The van der Waals surface area contributed by atoms with Crippen LogP contribution in [0.2, 0.25) is 0 Å². The van der Waals surface area contributed by atoms with E-state index in [1.807, 2.05) is 19.1 Å². The molecule has 0 saturated carbocycles. The zero-order valence-electron chi connectivity index (χ0n) is 12.6. The first-order valence-electron chi connectivity index (χ1n) is 7.20. The molecule has 1 atom stereocenters. The number of alkyl halides is 3. The molecule has 1 unspecified atom stereocenters. The summed E-state index contributed by atoms with van der Waals surface area (Å²) >= 11 is 0. The number of hydrogen-bond donors (Lipinski definition) is 1. The fourth-order valence-electron chi connectivity index (χ4n) is 2.37. The molecule has 1 aliphatic rings. The molecule has 1 saturated heterocycles. The van der Waals surface area contributed by atoms with E-state index >= 15 is 0 Å². The second-order valence-corrected chi connectivity index (χ2v) is 5.43. The van der Waals surface area contributed by atoms with Gasteiger partial charge in [0.1, 0.15) is 6.04 Å². The molecule has 1 amide bonds. The van der Waals surface area contributed by atoms with Crippen LogP contribution in [0.1, 0.15) is 18.4 Å². The van der Waals surface area contributed by atoms with Gasteiger partial charge in [-0.05, 0) is 31.9 Å².